The lowest BCUT2D eigenvalue weighted by molar-refractivity contribution is -0.124. The van der Waals surface area contributed by atoms with E-state index >= 15 is 0 Å². The third-order valence-electron chi connectivity index (χ3n) is 2.96. The minimum absolute atomic E-state index is 0.0285. The number of hydrazone groups is 1. The molecular weight excluding hydrogens is 236 g/mol. The molecule has 1 aromatic carbocycles. The SMILES string of the molecule is O=C(N/N=C/c1cccc(Cl)c1)C1CCCC1. The quantitative estimate of drug-likeness (QED) is 0.650. The van der Waals surface area contributed by atoms with Crippen LogP contribution in [0.25, 0.3) is 0 Å². The van der Waals surface area contributed by atoms with E-state index in [0.29, 0.717) is 5.02 Å². The predicted molar refractivity (Wildman–Crippen MR) is 69.1 cm³/mol. The van der Waals surface area contributed by atoms with E-state index in [2.05, 4.69) is 10.5 Å². The van der Waals surface area contributed by atoms with Gasteiger partial charge in [0.05, 0.1) is 6.21 Å². The summed E-state index contributed by atoms with van der Waals surface area (Å²) >= 11 is 5.84. The molecule has 0 aromatic heterocycles. The number of halogens is 1. The second-order valence-electron chi connectivity index (χ2n) is 4.27. The second-order valence-corrected chi connectivity index (χ2v) is 4.71. The molecule has 1 aliphatic carbocycles. The van der Waals surface area contributed by atoms with Crippen molar-refractivity contribution in [2.75, 3.05) is 0 Å². The van der Waals surface area contributed by atoms with E-state index in [1.165, 1.54) is 0 Å². The van der Waals surface area contributed by atoms with Gasteiger partial charge in [-0.2, -0.15) is 5.10 Å². The van der Waals surface area contributed by atoms with Crippen molar-refractivity contribution in [1.82, 2.24) is 5.43 Å². The standard InChI is InChI=1S/C13H15ClN2O/c14-12-7-3-4-10(8-12)9-15-16-13(17)11-5-1-2-6-11/h3-4,7-9,11H,1-2,5-6H2,(H,16,17)/b15-9+. The fraction of sp³-hybridized carbons (Fsp3) is 0.385. The van der Waals surface area contributed by atoms with Gasteiger partial charge in [-0.15, -0.1) is 0 Å². The number of nitrogens with one attached hydrogen (secondary N) is 1. The van der Waals surface area contributed by atoms with Crippen LogP contribution in [0.3, 0.4) is 0 Å². The van der Waals surface area contributed by atoms with E-state index in [0.717, 1.165) is 31.2 Å². The first-order chi connectivity index (χ1) is 8.25. The molecule has 1 aromatic rings. The van der Waals surface area contributed by atoms with Crippen LogP contribution >= 0.6 is 11.6 Å². The van der Waals surface area contributed by atoms with Crippen LogP contribution in [-0.4, -0.2) is 12.1 Å². The molecule has 1 saturated carbocycles. The first kappa shape index (κ1) is 12.1. The zero-order chi connectivity index (χ0) is 12.1. The fourth-order valence-corrected chi connectivity index (χ4v) is 2.24. The van der Waals surface area contributed by atoms with Crippen molar-refractivity contribution in [3.8, 4) is 0 Å². The van der Waals surface area contributed by atoms with Crippen LogP contribution in [0, 0.1) is 5.92 Å². The number of carbonyl (C=O) groups excluding carboxylic acids is 1. The molecule has 3 nitrogen and oxygen atoms in total. The topological polar surface area (TPSA) is 41.5 Å². The van der Waals surface area contributed by atoms with Gasteiger partial charge in [0.2, 0.25) is 5.91 Å². The lowest BCUT2D eigenvalue weighted by atomic mass is 10.1. The molecule has 0 unspecified atom stereocenters. The number of hydrogen-bond acceptors (Lipinski definition) is 2. The first-order valence-electron chi connectivity index (χ1n) is 5.84. The lowest BCUT2D eigenvalue weighted by Crippen LogP contribution is -2.24. The van der Waals surface area contributed by atoms with Gasteiger partial charge in [-0.05, 0) is 30.5 Å². The van der Waals surface area contributed by atoms with Gasteiger partial charge in [0.1, 0.15) is 0 Å². The summed E-state index contributed by atoms with van der Waals surface area (Å²) in [5.74, 6) is 0.173. The molecule has 2 rings (SSSR count). The highest BCUT2D eigenvalue weighted by molar-refractivity contribution is 6.30. The third kappa shape index (κ3) is 3.56. The number of benzene rings is 1. The largest absolute Gasteiger partial charge is 0.273 e. The summed E-state index contributed by atoms with van der Waals surface area (Å²) in [5.41, 5.74) is 3.46. The van der Waals surface area contributed by atoms with Gasteiger partial charge in [-0.25, -0.2) is 5.43 Å². The summed E-state index contributed by atoms with van der Waals surface area (Å²) in [6.07, 6.45) is 5.88. The third-order valence-corrected chi connectivity index (χ3v) is 3.20. The van der Waals surface area contributed by atoms with E-state index in [1.807, 2.05) is 12.1 Å². The Labute approximate surface area is 106 Å². The highest BCUT2D eigenvalue weighted by atomic mass is 35.5. The lowest BCUT2D eigenvalue weighted by Gasteiger charge is -2.05. The van der Waals surface area contributed by atoms with Gasteiger partial charge in [0, 0.05) is 10.9 Å². The van der Waals surface area contributed by atoms with Crippen molar-refractivity contribution < 1.29 is 4.79 Å². The van der Waals surface area contributed by atoms with E-state index in [-0.39, 0.29) is 11.8 Å². The Morgan fingerprint density at radius 3 is 2.88 bits per heavy atom. The molecule has 0 heterocycles. The molecule has 1 amide bonds. The van der Waals surface area contributed by atoms with E-state index in [9.17, 15) is 4.79 Å². The minimum Gasteiger partial charge on any atom is -0.273 e. The van der Waals surface area contributed by atoms with Crippen LogP contribution in [0.5, 0.6) is 0 Å². The summed E-state index contributed by atoms with van der Waals surface area (Å²) in [5, 5.41) is 4.61. The maximum Gasteiger partial charge on any atom is 0.243 e. The Balaban J connectivity index is 1.86. The number of nitrogens with zero attached hydrogens (tertiary/aromatic N) is 1. The van der Waals surface area contributed by atoms with Crippen LogP contribution < -0.4 is 5.43 Å². The molecule has 4 heteroatoms. The number of amides is 1. The van der Waals surface area contributed by atoms with Crippen molar-refractivity contribution in [3.63, 3.8) is 0 Å². The van der Waals surface area contributed by atoms with Gasteiger partial charge in [0.25, 0.3) is 0 Å². The van der Waals surface area contributed by atoms with Crippen molar-refractivity contribution >= 4 is 23.7 Å². The zero-order valence-corrected chi connectivity index (χ0v) is 10.3. The summed E-state index contributed by atoms with van der Waals surface area (Å²) in [6, 6.07) is 7.34. The Morgan fingerprint density at radius 2 is 2.18 bits per heavy atom. The Hall–Kier alpha value is -1.35. The van der Waals surface area contributed by atoms with Gasteiger partial charge in [-0.3, -0.25) is 4.79 Å². The number of carbonyl (C=O) groups is 1. The highest BCUT2D eigenvalue weighted by Gasteiger charge is 2.21. The average Bonchev–Trinajstić information content (AvgIpc) is 2.82. The monoisotopic (exact) mass is 250 g/mol. The molecule has 1 N–H and O–H groups in total. The summed E-state index contributed by atoms with van der Waals surface area (Å²) in [7, 11) is 0. The molecule has 0 radical (unpaired) electrons. The molecule has 0 aliphatic heterocycles. The van der Waals surface area contributed by atoms with Crippen LogP contribution in [0.2, 0.25) is 5.02 Å². The van der Waals surface area contributed by atoms with Gasteiger partial charge >= 0.3 is 0 Å². The molecule has 0 spiro atoms. The molecule has 90 valence electrons. The van der Waals surface area contributed by atoms with Gasteiger partial charge < -0.3 is 0 Å². The molecule has 0 atom stereocenters. The highest BCUT2D eigenvalue weighted by Crippen LogP contribution is 2.24. The Bertz CT molecular complexity index is 425. The zero-order valence-electron chi connectivity index (χ0n) is 9.53. The maximum atomic E-state index is 11.7. The van der Waals surface area contributed by atoms with Crippen LogP contribution in [0.15, 0.2) is 29.4 Å². The summed E-state index contributed by atoms with van der Waals surface area (Å²) in [4.78, 5) is 11.7. The molecule has 0 saturated heterocycles. The molecular formula is C13H15ClN2O. The normalized spacial score (nSPS) is 16.5. The van der Waals surface area contributed by atoms with Gasteiger partial charge in [0.15, 0.2) is 0 Å². The number of hydrogen-bond donors (Lipinski definition) is 1. The first-order valence-corrected chi connectivity index (χ1v) is 6.22. The maximum absolute atomic E-state index is 11.7. The minimum atomic E-state index is 0.0285. The van der Waals surface area contributed by atoms with E-state index < -0.39 is 0 Å². The van der Waals surface area contributed by atoms with Crippen LogP contribution in [0.4, 0.5) is 0 Å². The van der Waals surface area contributed by atoms with Crippen molar-refractivity contribution in [1.29, 1.82) is 0 Å². The van der Waals surface area contributed by atoms with Gasteiger partial charge in [-0.1, -0.05) is 36.6 Å². The fourth-order valence-electron chi connectivity index (χ4n) is 2.04. The van der Waals surface area contributed by atoms with E-state index in [1.54, 1.807) is 18.3 Å². The predicted octanol–water partition coefficient (Wildman–Crippen LogP) is 2.98. The van der Waals surface area contributed by atoms with Crippen molar-refractivity contribution in [3.05, 3.63) is 34.9 Å². The smallest absolute Gasteiger partial charge is 0.243 e. The Morgan fingerprint density at radius 1 is 1.41 bits per heavy atom. The van der Waals surface area contributed by atoms with E-state index in [4.69, 9.17) is 11.6 Å². The summed E-state index contributed by atoms with van der Waals surface area (Å²) < 4.78 is 0. The molecule has 1 aliphatic rings. The number of rotatable bonds is 3. The summed E-state index contributed by atoms with van der Waals surface area (Å²) in [6.45, 7) is 0. The van der Waals surface area contributed by atoms with Crippen LogP contribution in [0.1, 0.15) is 31.2 Å². The van der Waals surface area contributed by atoms with Crippen molar-refractivity contribution in [2.45, 2.75) is 25.7 Å². The molecule has 0 bridgehead atoms. The van der Waals surface area contributed by atoms with Crippen molar-refractivity contribution in [2.24, 2.45) is 11.0 Å². The van der Waals surface area contributed by atoms with Crippen LogP contribution in [-0.2, 0) is 4.79 Å². The Kier molecular flexibility index (Phi) is 4.15. The second kappa shape index (κ2) is 5.82. The molecule has 1 fully saturated rings. The molecule has 17 heavy (non-hydrogen) atoms. The average molecular weight is 251 g/mol.